The van der Waals surface area contributed by atoms with Crippen molar-refractivity contribution >= 4 is 45.2 Å². The number of carbonyl (C=O) groups excluding carboxylic acids is 1. The fraction of sp³-hybridized carbons (Fsp3) is 0.0625. The highest BCUT2D eigenvalue weighted by molar-refractivity contribution is 8.01. The molecule has 8 heteroatoms. The van der Waals surface area contributed by atoms with E-state index < -0.39 is 12.0 Å². The van der Waals surface area contributed by atoms with Crippen molar-refractivity contribution < 1.29 is 19.8 Å². The number of thiophene rings is 1. The second kappa shape index (κ2) is 6.84. The summed E-state index contributed by atoms with van der Waals surface area (Å²) in [6.07, 6.45) is 2.67. The Morgan fingerprint density at radius 2 is 2.08 bits per heavy atom. The Morgan fingerprint density at radius 3 is 2.75 bits per heavy atom. The van der Waals surface area contributed by atoms with Gasteiger partial charge in [0.2, 0.25) is 12.1 Å². The number of hydrogen-bond donors (Lipinski definition) is 2. The quantitative estimate of drug-likeness (QED) is 0.534. The van der Waals surface area contributed by atoms with E-state index in [1.165, 1.54) is 35.4 Å². The van der Waals surface area contributed by atoms with Gasteiger partial charge in [-0.05, 0) is 18.2 Å². The van der Waals surface area contributed by atoms with Crippen LogP contribution < -0.4 is 0 Å². The number of nitrogens with zero attached hydrogens (tertiary/aromatic N) is 2. The van der Waals surface area contributed by atoms with Crippen LogP contribution in [0.2, 0.25) is 0 Å². The van der Waals surface area contributed by atoms with Crippen molar-refractivity contribution in [3.63, 3.8) is 0 Å². The lowest BCUT2D eigenvalue weighted by atomic mass is 10.1. The van der Waals surface area contributed by atoms with Crippen molar-refractivity contribution in [1.29, 1.82) is 0 Å². The molecule has 0 bridgehead atoms. The molecule has 0 amide bonds. The van der Waals surface area contributed by atoms with Gasteiger partial charge < -0.3 is 10.2 Å². The molecule has 0 aliphatic heterocycles. The summed E-state index contributed by atoms with van der Waals surface area (Å²) in [6.45, 7) is 0. The Kier molecular flexibility index (Phi) is 4.61. The van der Waals surface area contributed by atoms with Gasteiger partial charge in [-0.15, -0.1) is 11.3 Å². The number of hydrogen-bond acceptors (Lipinski definition) is 7. The van der Waals surface area contributed by atoms with E-state index in [1.807, 2.05) is 36.4 Å². The summed E-state index contributed by atoms with van der Waals surface area (Å²) in [5, 5.41) is 20.2. The molecule has 2 N–H and O–H groups in total. The molecule has 2 heterocycles. The molecule has 3 rings (SSSR count). The molecule has 1 aromatic carbocycles. The first-order chi connectivity index (χ1) is 11.6. The number of isocyanates is 1. The number of fused-ring (bicyclic) bond motifs is 1. The molecule has 24 heavy (non-hydrogen) atoms. The van der Waals surface area contributed by atoms with Gasteiger partial charge >= 0.3 is 5.97 Å². The monoisotopic (exact) mass is 358 g/mol. The number of aromatic nitrogens is 1. The highest BCUT2D eigenvalue weighted by Crippen LogP contribution is 2.42. The van der Waals surface area contributed by atoms with Gasteiger partial charge in [0, 0.05) is 16.5 Å². The van der Waals surface area contributed by atoms with Crippen LogP contribution in [0.3, 0.4) is 0 Å². The molecule has 1 atom stereocenters. The van der Waals surface area contributed by atoms with Crippen LogP contribution >= 0.6 is 23.1 Å². The zero-order valence-corrected chi connectivity index (χ0v) is 13.7. The number of carboxylic acids is 1. The zero-order chi connectivity index (χ0) is 17.1. The number of aliphatic carboxylic acids is 1. The Hall–Kier alpha value is -2.67. The fourth-order valence-electron chi connectivity index (χ4n) is 2.12. The molecule has 0 aliphatic carbocycles. The number of aliphatic imine (C=N–C) groups is 1. The van der Waals surface area contributed by atoms with Crippen molar-refractivity contribution in [2.75, 3.05) is 0 Å². The minimum atomic E-state index is -1.57. The van der Waals surface area contributed by atoms with Crippen molar-refractivity contribution in [1.82, 2.24) is 4.98 Å². The van der Waals surface area contributed by atoms with E-state index in [0.717, 1.165) is 9.10 Å². The maximum atomic E-state index is 11.2. The molecule has 0 radical (unpaired) electrons. The highest BCUT2D eigenvalue weighted by atomic mass is 32.2. The van der Waals surface area contributed by atoms with Crippen LogP contribution in [0.5, 0.6) is 5.75 Å². The summed E-state index contributed by atoms with van der Waals surface area (Å²) in [5.41, 5.74) is -0.170. The molecule has 0 saturated heterocycles. The highest BCUT2D eigenvalue weighted by Gasteiger charge is 2.26. The van der Waals surface area contributed by atoms with Crippen LogP contribution in [0.4, 0.5) is 0 Å². The lowest BCUT2D eigenvalue weighted by Gasteiger charge is -2.07. The smallest absolute Gasteiger partial charge is 0.335 e. The fourth-order valence-corrected chi connectivity index (χ4v) is 4.35. The average molecular weight is 358 g/mol. The maximum Gasteiger partial charge on any atom is 0.335 e. The number of aromatic hydroxyl groups is 1. The summed E-state index contributed by atoms with van der Waals surface area (Å²) >= 11 is 2.85. The number of carbonyl (C=O) groups is 1. The Balaban J connectivity index is 2.03. The zero-order valence-electron chi connectivity index (χ0n) is 12.0. The molecular formula is C16H10N2O4S2. The summed E-state index contributed by atoms with van der Waals surface area (Å²) in [7, 11) is 0. The van der Waals surface area contributed by atoms with E-state index in [0.29, 0.717) is 10.1 Å². The topological polar surface area (TPSA) is 99.9 Å². The molecule has 6 nitrogen and oxygen atoms in total. The number of carboxylic acid groups (broad SMARTS) is 1. The number of benzene rings is 1. The summed E-state index contributed by atoms with van der Waals surface area (Å²) in [5.74, 6) is -1.65. The van der Waals surface area contributed by atoms with Gasteiger partial charge in [0.05, 0.1) is 8.91 Å². The summed E-state index contributed by atoms with van der Waals surface area (Å²) in [6, 6.07) is 10.0. The number of rotatable bonds is 5. The van der Waals surface area contributed by atoms with Gasteiger partial charge in [-0.2, -0.15) is 4.99 Å². The molecule has 120 valence electrons. The lowest BCUT2D eigenvalue weighted by Crippen LogP contribution is -2.10. The first-order valence-corrected chi connectivity index (χ1v) is 8.37. The van der Waals surface area contributed by atoms with Gasteiger partial charge in [0.25, 0.3) is 0 Å². The average Bonchev–Trinajstić information content (AvgIpc) is 2.98. The normalized spacial score (nSPS) is 11.8. The third kappa shape index (κ3) is 3.16. The van der Waals surface area contributed by atoms with Gasteiger partial charge in [-0.25, -0.2) is 9.59 Å². The Bertz CT molecular complexity index is 947. The van der Waals surface area contributed by atoms with Gasteiger partial charge in [0.15, 0.2) is 5.75 Å². The van der Waals surface area contributed by atoms with E-state index >= 15 is 0 Å². The van der Waals surface area contributed by atoms with Crippen LogP contribution in [0.15, 0.2) is 56.7 Å². The summed E-state index contributed by atoms with van der Waals surface area (Å²) < 4.78 is 1.43. The second-order valence-electron chi connectivity index (χ2n) is 4.72. The molecular weight excluding hydrogens is 348 g/mol. The van der Waals surface area contributed by atoms with Crippen LogP contribution in [0.1, 0.15) is 11.7 Å². The molecule has 2 aromatic heterocycles. The van der Waals surface area contributed by atoms with Crippen molar-refractivity contribution in [3.05, 3.63) is 48.3 Å². The SMILES string of the molecule is O=C=NC(C(=O)O)c1ncc2cc(Sc3ccccc3)sc2c1O. The van der Waals surface area contributed by atoms with Gasteiger partial charge in [-0.1, -0.05) is 30.0 Å². The van der Waals surface area contributed by atoms with Crippen LogP contribution in [0.25, 0.3) is 10.1 Å². The van der Waals surface area contributed by atoms with Crippen LogP contribution in [-0.4, -0.2) is 27.2 Å². The molecule has 3 aromatic rings. The first kappa shape index (κ1) is 16.2. The van der Waals surface area contributed by atoms with E-state index in [4.69, 9.17) is 5.11 Å². The van der Waals surface area contributed by atoms with E-state index in [-0.39, 0.29) is 11.4 Å². The largest absolute Gasteiger partial charge is 0.505 e. The van der Waals surface area contributed by atoms with E-state index in [2.05, 4.69) is 9.98 Å². The predicted octanol–water partition coefficient (Wildman–Crippen LogP) is 3.61. The van der Waals surface area contributed by atoms with E-state index in [9.17, 15) is 14.7 Å². The first-order valence-electron chi connectivity index (χ1n) is 6.74. The van der Waals surface area contributed by atoms with Crippen LogP contribution in [0, 0.1) is 0 Å². The van der Waals surface area contributed by atoms with Crippen molar-refractivity contribution in [2.24, 2.45) is 4.99 Å². The Morgan fingerprint density at radius 1 is 1.33 bits per heavy atom. The molecule has 0 spiro atoms. The number of pyridine rings is 1. The lowest BCUT2D eigenvalue weighted by molar-refractivity contribution is -0.138. The minimum absolute atomic E-state index is 0.170. The maximum absolute atomic E-state index is 11.2. The second-order valence-corrected chi connectivity index (χ2v) is 7.14. The standard InChI is InChI=1S/C16H10N2O4S2/c19-8-18-13(16(21)22)12-14(20)15-9(7-17-12)6-11(24-15)23-10-4-2-1-3-5-10/h1-7,13,20H,(H,21,22). The predicted molar refractivity (Wildman–Crippen MR) is 90.3 cm³/mol. The van der Waals surface area contributed by atoms with Gasteiger partial charge in [0.1, 0.15) is 5.69 Å². The third-order valence-electron chi connectivity index (χ3n) is 3.17. The third-order valence-corrected chi connectivity index (χ3v) is 5.45. The molecule has 0 fully saturated rings. The molecule has 0 aliphatic rings. The van der Waals surface area contributed by atoms with Crippen molar-refractivity contribution in [3.8, 4) is 5.75 Å². The molecule has 0 saturated carbocycles. The minimum Gasteiger partial charge on any atom is -0.505 e. The Labute approximate surface area is 144 Å². The van der Waals surface area contributed by atoms with Gasteiger partial charge in [-0.3, -0.25) is 4.98 Å². The van der Waals surface area contributed by atoms with Crippen molar-refractivity contribution in [2.45, 2.75) is 15.1 Å². The van der Waals surface area contributed by atoms with E-state index in [1.54, 1.807) is 0 Å². The summed E-state index contributed by atoms with van der Waals surface area (Å²) in [4.78, 5) is 29.8. The van der Waals surface area contributed by atoms with Crippen LogP contribution in [-0.2, 0) is 9.59 Å². The molecule has 1 unspecified atom stereocenters.